The molecule has 0 fully saturated rings. The van der Waals surface area contributed by atoms with E-state index in [1.54, 1.807) is 0 Å². The van der Waals surface area contributed by atoms with Crippen molar-refractivity contribution in [2.75, 3.05) is 21.3 Å². The molecule has 3 nitrogen and oxygen atoms in total. The van der Waals surface area contributed by atoms with Gasteiger partial charge in [0.15, 0.2) is 0 Å². The normalized spacial score (nSPS) is 2.44. The average molecular weight is 171 g/mol. The number of aliphatic hydroxyl groups is 3. The maximum atomic E-state index is 7.00. The van der Waals surface area contributed by atoms with Gasteiger partial charge in [-0.3, -0.25) is 6.58 Å². The Bertz CT molecular complexity index is 12.2. The molecule has 0 aromatic heterocycles. The van der Waals surface area contributed by atoms with E-state index in [2.05, 4.69) is 13.2 Å². The van der Waals surface area contributed by atoms with Crippen molar-refractivity contribution in [2.45, 2.75) is 0 Å². The molecule has 0 atom stereocenters. The van der Waals surface area contributed by atoms with Crippen LogP contribution in [0.5, 0.6) is 0 Å². The molecule has 58 valence electrons. The Labute approximate surface area is 71.9 Å². The Morgan fingerprint density at radius 3 is 0.778 bits per heavy atom. The van der Waals surface area contributed by atoms with Crippen molar-refractivity contribution >= 4 is 0 Å². The molecule has 0 aliphatic heterocycles. The molecular formula is C5H15O3Ti-. The molecule has 3 N–H and O–H groups in total. The number of hydrogen-bond donors (Lipinski definition) is 3. The third-order valence-electron chi connectivity index (χ3n) is 0. The summed E-state index contributed by atoms with van der Waals surface area (Å²) in [6, 6.07) is 0. The molecular weight excluding hydrogens is 156 g/mol. The van der Waals surface area contributed by atoms with Crippen molar-refractivity contribution in [3.05, 3.63) is 13.2 Å². The van der Waals surface area contributed by atoms with E-state index in [1.165, 1.54) is 0 Å². The minimum absolute atomic E-state index is 0. The van der Waals surface area contributed by atoms with Crippen LogP contribution in [0.2, 0.25) is 0 Å². The third kappa shape index (κ3) is 2990. The van der Waals surface area contributed by atoms with Crippen LogP contribution >= 0.6 is 0 Å². The molecule has 9 heavy (non-hydrogen) atoms. The summed E-state index contributed by atoms with van der Waals surface area (Å²) in [6.45, 7) is 7.00. The molecule has 0 aliphatic rings. The number of hydrogen-bond acceptors (Lipinski definition) is 3. The Morgan fingerprint density at radius 1 is 0.778 bits per heavy atom. The van der Waals surface area contributed by atoms with E-state index in [0.29, 0.717) is 0 Å². The van der Waals surface area contributed by atoms with Gasteiger partial charge in [-0.15, -0.1) is 0 Å². The molecule has 0 aromatic rings. The van der Waals surface area contributed by atoms with Crippen molar-refractivity contribution in [1.82, 2.24) is 0 Å². The van der Waals surface area contributed by atoms with Crippen LogP contribution in [-0.4, -0.2) is 36.6 Å². The van der Waals surface area contributed by atoms with Gasteiger partial charge in [0, 0.05) is 43.0 Å². The number of aliphatic hydroxyl groups excluding tert-OH is 3. The predicted molar refractivity (Wildman–Crippen MR) is 34.4 cm³/mol. The van der Waals surface area contributed by atoms with E-state index in [1.807, 2.05) is 0 Å². The second kappa shape index (κ2) is 4010. The van der Waals surface area contributed by atoms with Crippen LogP contribution in [0.1, 0.15) is 0 Å². The summed E-state index contributed by atoms with van der Waals surface area (Å²) < 4.78 is 0. The summed E-state index contributed by atoms with van der Waals surface area (Å²) in [4.78, 5) is 0. The van der Waals surface area contributed by atoms with Gasteiger partial charge in [0.25, 0.3) is 0 Å². The van der Waals surface area contributed by atoms with E-state index in [-0.39, 0.29) is 21.7 Å². The van der Waals surface area contributed by atoms with Crippen LogP contribution in [0, 0.1) is 6.58 Å². The monoisotopic (exact) mass is 171 g/mol. The van der Waals surface area contributed by atoms with Crippen molar-refractivity contribution in [3.63, 3.8) is 0 Å². The first-order valence-electron chi connectivity index (χ1n) is 1.75. The molecule has 0 bridgehead atoms. The first-order chi connectivity index (χ1) is 4.00. The summed E-state index contributed by atoms with van der Waals surface area (Å²) >= 11 is 0. The maximum absolute atomic E-state index is 7.00. The third-order valence-corrected chi connectivity index (χ3v) is 0. The van der Waals surface area contributed by atoms with E-state index in [0.717, 1.165) is 21.3 Å². The zero-order chi connectivity index (χ0) is 8.00. The van der Waals surface area contributed by atoms with Crippen LogP contribution in [-0.2, 0) is 21.7 Å². The topological polar surface area (TPSA) is 60.7 Å². The molecule has 0 amide bonds. The Hall–Kier alpha value is 0.334. The fraction of sp³-hybridized carbons (Fsp3) is 0.600. The van der Waals surface area contributed by atoms with Gasteiger partial charge in [-0.2, -0.15) is 0 Å². The van der Waals surface area contributed by atoms with Crippen molar-refractivity contribution in [1.29, 1.82) is 0 Å². The molecule has 0 saturated carbocycles. The smallest absolute Gasteiger partial charge is 0.0319 e. The number of rotatable bonds is 0. The van der Waals surface area contributed by atoms with Gasteiger partial charge in [-0.05, 0) is 0 Å². The minimum Gasteiger partial charge on any atom is -0.521 e. The van der Waals surface area contributed by atoms with Gasteiger partial charge >= 0.3 is 0 Å². The molecule has 0 saturated heterocycles. The zero-order valence-corrected chi connectivity index (χ0v) is 7.69. The van der Waals surface area contributed by atoms with E-state index >= 15 is 0 Å². The van der Waals surface area contributed by atoms with Gasteiger partial charge in [0.2, 0.25) is 0 Å². The van der Waals surface area contributed by atoms with Crippen molar-refractivity contribution in [2.24, 2.45) is 0 Å². The quantitative estimate of drug-likeness (QED) is 0.338. The van der Waals surface area contributed by atoms with Crippen LogP contribution in [0.15, 0.2) is 6.58 Å². The second-order valence-electron chi connectivity index (χ2n) is 0. The van der Waals surface area contributed by atoms with Crippen LogP contribution < -0.4 is 0 Å². The summed E-state index contributed by atoms with van der Waals surface area (Å²) in [5.74, 6) is 0. The van der Waals surface area contributed by atoms with Gasteiger partial charge in [0.05, 0.1) is 0 Å². The van der Waals surface area contributed by atoms with Crippen LogP contribution in [0.25, 0.3) is 0 Å². The van der Waals surface area contributed by atoms with Gasteiger partial charge in [-0.25, -0.2) is 0 Å². The fourth-order valence-corrected chi connectivity index (χ4v) is 0. The molecule has 0 radical (unpaired) electrons. The standard InChI is InChI=1S/C2H3.3CH4O.Ti/c4*1-2;/h1H,2H2;3*2H,1H3;/q-1;;;;. The van der Waals surface area contributed by atoms with Crippen LogP contribution in [0.3, 0.4) is 0 Å². The zero-order valence-electron chi connectivity index (χ0n) is 6.13. The largest absolute Gasteiger partial charge is 0.521 e. The Morgan fingerprint density at radius 2 is 0.778 bits per heavy atom. The summed E-state index contributed by atoms with van der Waals surface area (Å²) in [7, 11) is 3.00. The van der Waals surface area contributed by atoms with Gasteiger partial charge < -0.3 is 21.9 Å². The maximum Gasteiger partial charge on any atom is 0.0319 e. The molecule has 0 aliphatic carbocycles. The van der Waals surface area contributed by atoms with E-state index < -0.39 is 0 Å². The Kier molecular flexibility index (Phi) is 15400. The van der Waals surface area contributed by atoms with Crippen molar-refractivity contribution < 1.29 is 37.0 Å². The van der Waals surface area contributed by atoms with Gasteiger partial charge in [-0.1, -0.05) is 0 Å². The molecule has 0 spiro atoms. The molecule has 0 heterocycles. The summed E-state index contributed by atoms with van der Waals surface area (Å²) in [6.07, 6.45) is 0. The Balaban J connectivity index is -0.00000000762. The first-order valence-corrected chi connectivity index (χ1v) is 1.75. The molecule has 4 heteroatoms. The molecule has 0 rings (SSSR count). The minimum atomic E-state index is 0. The summed E-state index contributed by atoms with van der Waals surface area (Å²) in [5, 5.41) is 21.0. The van der Waals surface area contributed by atoms with E-state index in [9.17, 15) is 0 Å². The molecule has 0 aromatic carbocycles. The van der Waals surface area contributed by atoms with Crippen molar-refractivity contribution in [3.8, 4) is 0 Å². The van der Waals surface area contributed by atoms with E-state index in [4.69, 9.17) is 15.3 Å². The first kappa shape index (κ1) is 34.5. The fourth-order valence-electron chi connectivity index (χ4n) is 0. The van der Waals surface area contributed by atoms with Crippen LogP contribution in [0.4, 0.5) is 0 Å². The second-order valence-corrected chi connectivity index (χ2v) is 0. The SMILES string of the molecule is CO.CO.CO.[CH-]=C.[Ti]. The predicted octanol–water partition coefficient (Wildman–Crippen LogP) is -0.572. The average Bonchev–Trinajstić information content (AvgIpc) is 2.03. The summed E-state index contributed by atoms with van der Waals surface area (Å²) in [5.41, 5.74) is 0. The van der Waals surface area contributed by atoms with Gasteiger partial charge in [0.1, 0.15) is 0 Å². The molecule has 0 unspecified atom stereocenters.